The average Bonchev–Trinajstić information content (AvgIpc) is 3.44. The minimum Gasteiger partial charge on any atom is -0.366 e. The second-order valence-corrected chi connectivity index (χ2v) is 7.65. The first-order valence-electron chi connectivity index (χ1n) is 10.3. The van der Waals surface area contributed by atoms with Gasteiger partial charge in [0.05, 0.1) is 10.6 Å². The van der Waals surface area contributed by atoms with Gasteiger partial charge in [0, 0.05) is 41.9 Å². The van der Waals surface area contributed by atoms with E-state index in [1.807, 2.05) is 36.4 Å². The second-order valence-electron chi connectivity index (χ2n) is 7.65. The van der Waals surface area contributed by atoms with Gasteiger partial charge in [-0.2, -0.15) is 9.61 Å². The highest BCUT2D eigenvalue weighted by Gasteiger charge is 2.24. The monoisotopic (exact) mass is 402 g/mol. The lowest BCUT2D eigenvalue weighted by atomic mass is 10.0. The van der Waals surface area contributed by atoms with Crippen molar-refractivity contribution in [2.24, 2.45) is 0 Å². The molecule has 1 aliphatic heterocycles. The molecule has 0 aliphatic carbocycles. The molecule has 2 aromatic heterocycles. The molecular weight excluding hydrogens is 380 g/mol. The number of fused-ring (bicyclic) bond motifs is 3. The van der Waals surface area contributed by atoms with Crippen LogP contribution >= 0.6 is 0 Å². The lowest BCUT2D eigenvalue weighted by Gasteiger charge is -2.18. The maximum absolute atomic E-state index is 11.9. The zero-order valence-corrected chi connectivity index (χ0v) is 16.8. The number of hydrogen-bond donors (Lipinski definition) is 0. The molecule has 8 nitrogen and oxygen atoms in total. The lowest BCUT2D eigenvalue weighted by Crippen LogP contribution is -2.18. The lowest BCUT2D eigenvalue weighted by molar-refractivity contribution is -0.384. The molecule has 152 valence electrons. The van der Waals surface area contributed by atoms with Crippen LogP contribution in [-0.2, 0) is 6.42 Å². The van der Waals surface area contributed by atoms with Crippen LogP contribution in [0.3, 0.4) is 0 Å². The van der Waals surface area contributed by atoms with E-state index in [1.165, 1.54) is 0 Å². The molecule has 0 atom stereocenters. The van der Waals surface area contributed by atoms with Gasteiger partial charge in [-0.05, 0) is 25.3 Å². The molecule has 0 unspecified atom stereocenters. The largest absolute Gasteiger partial charge is 0.366 e. The Labute approximate surface area is 173 Å². The van der Waals surface area contributed by atoms with Gasteiger partial charge in [0.1, 0.15) is 5.69 Å². The standard InChI is InChI=1S/C22H22N6O2/c1-2-7-20-23-24-22-17-9-4-3-8-16(17)21(25-27(20)22)15-10-11-18(19(14-15)28(29)30)26-12-5-6-13-26/h3-4,8-11,14H,2,5-7,12-13H2,1H3. The summed E-state index contributed by atoms with van der Waals surface area (Å²) in [5.41, 5.74) is 2.94. The van der Waals surface area contributed by atoms with Crippen LogP contribution in [0.25, 0.3) is 27.7 Å². The molecule has 8 heteroatoms. The topological polar surface area (TPSA) is 89.5 Å². The van der Waals surface area contributed by atoms with Crippen LogP contribution in [0.1, 0.15) is 32.0 Å². The van der Waals surface area contributed by atoms with Gasteiger partial charge < -0.3 is 4.90 Å². The molecule has 0 radical (unpaired) electrons. The number of nitro groups is 1. The quantitative estimate of drug-likeness (QED) is 0.363. The van der Waals surface area contributed by atoms with Crippen molar-refractivity contribution in [2.45, 2.75) is 32.6 Å². The van der Waals surface area contributed by atoms with Crippen LogP contribution in [0, 0.1) is 10.1 Å². The van der Waals surface area contributed by atoms with Crippen molar-refractivity contribution in [3.05, 3.63) is 58.4 Å². The Morgan fingerprint density at radius 1 is 1.07 bits per heavy atom. The molecule has 30 heavy (non-hydrogen) atoms. The Balaban J connectivity index is 1.74. The molecule has 0 bridgehead atoms. The summed E-state index contributed by atoms with van der Waals surface area (Å²) in [5.74, 6) is 0.794. The number of aromatic nitrogens is 4. The van der Waals surface area contributed by atoms with Crippen molar-refractivity contribution in [3.63, 3.8) is 0 Å². The fraction of sp³-hybridized carbons (Fsp3) is 0.318. The van der Waals surface area contributed by atoms with Gasteiger partial charge in [0.2, 0.25) is 0 Å². The summed E-state index contributed by atoms with van der Waals surface area (Å²) in [6.07, 6.45) is 3.83. The van der Waals surface area contributed by atoms with E-state index in [4.69, 9.17) is 5.10 Å². The second kappa shape index (κ2) is 7.37. The molecule has 4 aromatic rings. The van der Waals surface area contributed by atoms with Crippen LogP contribution in [0.2, 0.25) is 0 Å². The maximum Gasteiger partial charge on any atom is 0.293 e. The Kier molecular flexibility index (Phi) is 4.54. The third kappa shape index (κ3) is 2.96. The van der Waals surface area contributed by atoms with Gasteiger partial charge in [-0.15, -0.1) is 10.2 Å². The fourth-order valence-corrected chi connectivity index (χ4v) is 4.26. The Bertz CT molecular complexity index is 1260. The van der Waals surface area contributed by atoms with Crippen LogP contribution in [-0.4, -0.2) is 37.8 Å². The van der Waals surface area contributed by atoms with E-state index in [1.54, 1.807) is 10.6 Å². The van der Waals surface area contributed by atoms with Crippen molar-refractivity contribution in [1.82, 2.24) is 19.8 Å². The van der Waals surface area contributed by atoms with Crippen LogP contribution in [0.5, 0.6) is 0 Å². The molecule has 0 amide bonds. The molecule has 0 N–H and O–H groups in total. The smallest absolute Gasteiger partial charge is 0.293 e. The molecular formula is C22H22N6O2. The molecule has 1 saturated heterocycles. The van der Waals surface area contributed by atoms with Crippen LogP contribution in [0.15, 0.2) is 42.5 Å². The molecule has 1 fully saturated rings. The number of rotatable bonds is 5. The third-order valence-corrected chi connectivity index (χ3v) is 5.69. The van der Waals surface area contributed by atoms with E-state index in [-0.39, 0.29) is 10.6 Å². The third-order valence-electron chi connectivity index (χ3n) is 5.69. The van der Waals surface area contributed by atoms with Crippen LogP contribution < -0.4 is 4.90 Å². The Hall–Kier alpha value is -3.55. The van der Waals surface area contributed by atoms with E-state index in [0.29, 0.717) is 17.0 Å². The van der Waals surface area contributed by atoms with Crippen LogP contribution in [0.4, 0.5) is 11.4 Å². The van der Waals surface area contributed by atoms with Crippen molar-refractivity contribution in [3.8, 4) is 11.3 Å². The van der Waals surface area contributed by atoms with Gasteiger partial charge >= 0.3 is 0 Å². The molecule has 2 aromatic carbocycles. The van der Waals surface area contributed by atoms with E-state index in [0.717, 1.165) is 60.9 Å². The first-order chi connectivity index (χ1) is 14.7. The fourth-order valence-electron chi connectivity index (χ4n) is 4.26. The summed E-state index contributed by atoms with van der Waals surface area (Å²) in [4.78, 5) is 13.7. The number of hydrogen-bond acceptors (Lipinski definition) is 6. The summed E-state index contributed by atoms with van der Waals surface area (Å²) < 4.78 is 1.78. The highest BCUT2D eigenvalue weighted by molar-refractivity contribution is 6.01. The SMILES string of the molecule is CCCc1nnc2c3ccccc3c(-c3ccc(N4CCCC4)c([N+](=O)[O-])c3)nn12. The predicted molar refractivity (Wildman–Crippen MR) is 116 cm³/mol. The number of aryl methyl sites for hydroxylation is 1. The zero-order valence-electron chi connectivity index (χ0n) is 16.8. The minimum absolute atomic E-state index is 0.123. The highest BCUT2D eigenvalue weighted by Crippen LogP contribution is 2.36. The van der Waals surface area contributed by atoms with Gasteiger partial charge in [-0.3, -0.25) is 10.1 Å². The number of nitro benzene ring substituents is 1. The maximum atomic E-state index is 11.9. The van der Waals surface area contributed by atoms with E-state index in [9.17, 15) is 10.1 Å². The minimum atomic E-state index is -0.293. The Morgan fingerprint density at radius 2 is 1.83 bits per heavy atom. The average molecular weight is 402 g/mol. The molecule has 0 saturated carbocycles. The van der Waals surface area contributed by atoms with E-state index >= 15 is 0 Å². The summed E-state index contributed by atoms with van der Waals surface area (Å²) in [5, 5.41) is 27.2. The predicted octanol–water partition coefficient (Wildman–Crippen LogP) is 4.41. The molecule has 3 heterocycles. The van der Waals surface area contributed by atoms with Gasteiger partial charge in [0.15, 0.2) is 11.5 Å². The first kappa shape index (κ1) is 18.5. The molecule has 1 aliphatic rings. The number of anilines is 1. The van der Waals surface area contributed by atoms with E-state index in [2.05, 4.69) is 22.0 Å². The summed E-state index contributed by atoms with van der Waals surface area (Å²) in [6, 6.07) is 13.3. The molecule has 5 rings (SSSR count). The van der Waals surface area contributed by atoms with Crippen molar-refractivity contribution >= 4 is 27.8 Å². The van der Waals surface area contributed by atoms with Gasteiger partial charge in [-0.25, -0.2) is 0 Å². The number of nitrogens with zero attached hydrogens (tertiary/aromatic N) is 6. The summed E-state index contributed by atoms with van der Waals surface area (Å²) in [6.45, 7) is 3.80. The van der Waals surface area contributed by atoms with E-state index < -0.39 is 0 Å². The summed E-state index contributed by atoms with van der Waals surface area (Å²) >= 11 is 0. The zero-order chi connectivity index (χ0) is 20.7. The highest BCUT2D eigenvalue weighted by atomic mass is 16.6. The van der Waals surface area contributed by atoms with Gasteiger partial charge in [-0.1, -0.05) is 37.3 Å². The van der Waals surface area contributed by atoms with Crippen molar-refractivity contribution < 1.29 is 4.92 Å². The first-order valence-corrected chi connectivity index (χ1v) is 10.3. The number of benzene rings is 2. The molecule has 0 spiro atoms. The van der Waals surface area contributed by atoms with Crippen molar-refractivity contribution in [2.75, 3.05) is 18.0 Å². The van der Waals surface area contributed by atoms with Crippen molar-refractivity contribution in [1.29, 1.82) is 0 Å². The normalized spacial score (nSPS) is 14.1. The van der Waals surface area contributed by atoms with Gasteiger partial charge in [0.25, 0.3) is 5.69 Å². The summed E-state index contributed by atoms with van der Waals surface area (Å²) in [7, 11) is 0. The Morgan fingerprint density at radius 3 is 2.57 bits per heavy atom.